The van der Waals surface area contributed by atoms with Gasteiger partial charge in [0.05, 0.1) is 17.8 Å². The minimum absolute atomic E-state index is 0.135. The van der Waals surface area contributed by atoms with Crippen molar-refractivity contribution in [3.63, 3.8) is 0 Å². The molecule has 3 rings (SSSR count). The molecule has 1 saturated carbocycles. The van der Waals surface area contributed by atoms with E-state index >= 15 is 0 Å². The number of ether oxygens (including phenoxy) is 3. The fourth-order valence-corrected chi connectivity index (χ4v) is 6.26. The number of carbonyl (C=O) groups excluding carboxylic acids is 1. The van der Waals surface area contributed by atoms with E-state index < -0.39 is 11.2 Å². The van der Waals surface area contributed by atoms with Gasteiger partial charge in [-0.15, -0.1) is 0 Å². The van der Waals surface area contributed by atoms with Gasteiger partial charge in [0.2, 0.25) is 0 Å². The second-order valence-electron chi connectivity index (χ2n) is 10.0. The summed E-state index contributed by atoms with van der Waals surface area (Å²) in [5, 5.41) is 11.2. The Labute approximate surface area is 169 Å². The molecular formula is C23H38O5. The molecular weight excluding hydrogens is 356 g/mol. The molecule has 8 atom stereocenters. The Balaban J connectivity index is 2.08. The Morgan fingerprint density at radius 3 is 2.57 bits per heavy atom. The summed E-state index contributed by atoms with van der Waals surface area (Å²) in [6, 6.07) is 0. The summed E-state index contributed by atoms with van der Waals surface area (Å²) in [5.74, 6) is 1.15. The van der Waals surface area contributed by atoms with Crippen LogP contribution in [0, 0.1) is 23.7 Å². The highest BCUT2D eigenvalue weighted by atomic mass is 16.6. The Morgan fingerprint density at radius 2 is 2.00 bits per heavy atom. The topological polar surface area (TPSA) is 65.0 Å². The second kappa shape index (κ2) is 7.73. The van der Waals surface area contributed by atoms with E-state index in [0.29, 0.717) is 31.1 Å². The normalized spacial score (nSPS) is 46.5. The van der Waals surface area contributed by atoms with Crippen LogP contribution in [0.5, 0.6) is 0 Å². The summed E-state index contributed by atoms with van der Waals surface area (Å²) in [7, 11) is 1.64. The average Bonchev–Trinajstić information content (AvgIpc) is 2.95. The van der Waals surface area contributed by atoms with Crippen molar-refractivity contribution in [2.45, 2.75) is 96.2 Å². The molecule has 0 radical (unpaired) electrons. The van der Waals surface area contributed by atoms with E-state index in [1.54, 1.807) is 7.11 Å². The van der Waals surface area contributed by atoms with Crippen LogP contribution in [0.15, 0.2) is 12.2 Å². The lowest BCUT2D eigenvalue weighted by Gasteiger charge is -2.46. The molecule has 5 heteroatoms. The highest BCUT2D eigenvalue weighted by molar-refractivity contribution is 5.66. The molecule has 0 aromatic carbocycles. The zero-order valence-corrected chi connectivity index (χ0v) is 18.4. The van der Waals surface area contributed by atoms with Gasteiger partial charge in [-0.3, -0.25) is 4.79 Å². The molecule has 3 aliphatic rings. The van der Waals surface area contributed by atoms with Gasteiger partial charge in [0.25, 0.3) is 0 Å². The van der Waals surface area contributed by atoms with E-state index in [0.717, 1.165) is 12.8 Å². The van der Waals surface area contributed by atoms with E-state index in [9.17, 15) is 9.90 Å². The summed E-state index contributed by atoms with van der Waals surface area (Å²) in [4.78, 5) is 12.0. The van der Waals surface area contributed by atoms with Gasteiger partial charge in [-0.1, -0.05) is 26.0 Å². The summed E-state index contributed by atoms with van der Waals surface area (Å²) in [6.45, 7) is 14.2. The number of esters is 1. The zero-order chi connectivity index (χ0) is 20.9. The van der Waals surface area contributed by atoms with Gasteiger partial charge in [0.1, 0.15) is 11.7 Å². The van der Waals surface area contributed by atoms with Crippen molar-refractivity contribution in [1.29, 1.82) is 0 Å². The first kappa shape index (κ1) is 21.8. The Morgan fingerprint density at radius 1 is 1.32 bits per heavy atom. The van der Waals surface area contributed by atoms with Gasteiger partial charge >= 0.3 is 5.97 Å². The molecule has 1 N–H and O–H groups in total. The van der Waals surface area contributed by atoms with Crippen LogP contribution in [0.4, 0.5) is 0 Å². The Hall–Kier alpha value is -0.910. The summed E-state index contributed by atoms with van der Waals surface area (Å²) < 4.78 is 18.3. The lowest BCUT2D eigenvalue weighted by Crippen LogP contribution is -2.52. The number of carbonyl (C=O) groups is 1. The van der Waals surface area contributed by atoms with Crippen LogP contribution in [0.1, 0.15) is 66.7 Å². The van der Waals surface area contributed by atoms with E-state index in [2.05, 4.69) is 20.4 Å². The third-order valence-corrected chi connectivity index (χ3v) is 7.58. The third kappa shape index (κ3) is 3.78. The van der Waals surface area contributed by atoms with Crippen LogP contribution in [0.3, 0.4) is 0 Å². The number of fused-ring (bicyclic) bond motifs is 5. The monoisotopic (exact) mass is 394 g/mol. The maximum Gasteiger partial charge on any atom is 0.303 e. The summed E-state index contributed by atoms with van der Waals surface area (Å²) >= 11 is 0. The van der Waals surface area contributed by atoms with Crippen molar-refractivity contribution >= 4 is 5.97 Å². The maximum absolute atomic E-state index is 12.0. The number of hydrogen-bond donors (Lipinski definition) is 1. The molecule has 3 fully saturated rings. The highest BCUT2D eigenvalue weighted by Gasteiger charge is 2.60. The highest BCUT2D eigenvalue weighted by Crippen LogP contribution is 2.56. The Kier molecular flexibility index (Phi) is 6.02. The number of methoxy groups -OCH3 is 1. The van der Waals surface area contributed by atoms with E-state index in [1.165, 1.54) is 12.5 Å². The standard InChI is InChI=1S/C23H38O5/c1-13(2)16-9-8-14(3)19-17-12-22(5,25)18(26-7)10-11-23(6,28-15(4)24)21(27-17)20(16)19/h13,16-21,25H,3,8-12H2,1-2,4-7H3. The smallest absolute Gasteiger partial charge is 0.303 e. The fourth-order valence-electron chi connectivity index (χ4n) is 6.26. The molecule has 160 valence electrons. The van der Waals surface area contributed by atoms with Crippen LogP contribution in [0.2, 0.25) is 0 Å². The molecule has 0 aromatic rings. The van der Waals surface area contributed by atoms with Crippen LogP contribution >= 0.6 is 0 Å². The van der Waals surface area contributed by atoms with Gasteiger partial charge in [-0.2, -0.15) is 0 Å². The van der Waals surface area contributed by atoms with Crippen molar-refractivity contribution in [2.75, 3.05) is 7.11 Å². The number of rotatable bonds is 3. The quantitative estimate of drug-likeness (QED) is 0.581. The first-order valence-electron chi connectivity index (χ1n) is 10.8. The minimum Gasteiger partial charge on any atom is -0.457 e. The minimum atomic E-state index is -1.01. The molecule has 2 saturated heterocycles. The van der Waals surface area contributed by atoms with Crippen LogP contribution < -0.4 is 0 Å². The van der Waals surface area contributed by atoms with Crippen molar-refractivity contribution in [2.24, 2.45) is 23.7 Å². The molecule has 2 heterocycles. The molecule has 2 aliphatic heterocycles. The summed E-state index contributed by atoms with van der Waals surface area (Å²) in [6.07, 6.45) is 3.15. The van der Waals surface area contributed by atoms with Crippen molar-refractivity contribution < 1.29 is 24.1 Å². The van der Waals surface area contributed by atoms with Gasteiger partial charge in [0, 0.05) is 32.3 Å². The fraction of sp³-hybridized carbons (Fsp3) is 0.870. The van der Waals surface area contributed by atoms with Gasteiger partial charge in [0.15, 0.2) is 0 Å². The van der Waals surface area contributed by atoms with Crippen molar-refractivity contribution in [3.8, 4) is 0 Å². The molecule has 8 unspecified atom stereocenters. The van der Waals surface area contributed by atoms with Gasteiger partial charge < -0.3 is 19.3 Å². The molecule has 0 amide bonds. The number of aliphatic hydroxyl groups is 1. The lowest BCUT2D eigenvalue weighted by atomic mass is 9.60. The van der Waals surface area contributed by atoms with Crippen LogP contribution in [-0.2, 0) is 19.0 Å². The molecule has 0 spiro atoms. The van der Waals surface area contributed by atoms with Crippen molar-refractivity contribution in [3.05, 3.63) is 12.2 Å². The lowest BCUT2D eigenvalue weighted by molar-refractivity contribution is -0.179. The maximum atomic E-state index is 12.0. The zero-order valence-electron chi connectivity index (χ0n) is 18.4. The Bertz CT molecular complexity index is 612. The second-order valence-corrected chi connectivity index (χ2v) is 10.0. The predicted molar refractivity (Wildman–Crippen MR) is 108 cm³/mol. The molecule has 2 bridgehead atoms. The van der Waals surface area contributed by atoms with Crippen molar-refractivity contribution in [1.82, 2.24) is 0 Å². The first-order chi connectivity index (χ1) is 13.0. The first-order valence-corrected chi connectivity index (χ1v) is 10.8. The van der Waals surface area contributed by atoms with Crippen LogP contribution in [0.25, 0.3) is 0 Å². The third-order valence-electron chi connectivity index (χ3n) is 7.58. The van der Waals surface area contributed by atoms with E-state index in [-0.39, 0.29) is 36.1 Å². The molecule has 5 nitrogen and oxygen atoms in total. The van der Waals surface area contributed by atoms with Crippen LogP contribution in [-0.4, -0.2) is 47.7 Å². The van der Waals surface area contributed by atoms with E-state index in [4.69, 9.17) is 14.2 Å². The van der Waals surface area contributed by atoms with E-state index in [1.807, 2.05) is 13.8 Å². The molecule has 0 aromatic heterocycles. The predicted octanol–water partition coefficient (Wildman–Crippen LogP) is 3.88. The average molecular weight is 395 g/mol. The molecule has 28 heavy (non-hydrogen) atoms. The SMILES string of the molecule is C=C1CCC(C(C)C)C2C1C1CC(C)(O)C(OC)CCC(C)(OC(C)=O)C2O1. The van der Waals surface area contributed by atoms with Gasteiger partial charge in [-0.05, 0) is 51.4 Å². The van der Waals surface area contributed by atoms with Gasteiger partial charge in [-0.25, -0.2) is 0 Å². The largest absolute Gasteiger partial charge is 0.457 e. The number of hydrogen-bond acceptors (Lipinski definition) is 5. The molecule has 1 aliphatic carbocycles. The summed E-state index contributed by atoms with van der Waals surface area (Å²) in [5.41, 5.74) is -0.540.